The highest BCUT2D eigenvalue weighted by Gasteiger charge is 2.23. The Hall–Kier alpha value is -1.30. The summed E-state index contributed by atoms with van der Waals surface area (Å²) in [5, 5.41) is 2.78. The maximum Gasteiger partial charge on any atom is 0.407 e. The summed E-state index contributed by atoms with van der Waals surface area (Å²) < 4.78 is 5.17. The van der Waals surface area contributed by atoms with Crippen molar-refractivity contribution in [1.29, 1.82) is 0 Å². The summed E-state index contributed by atoms with van der Waals surface area (Å²) in [5.41, 5.74) is 4.86. The van der Waals surface area contributed by atoms with Crippen molar-refractivity contribution in [3.8, 4) is 0 Å². The van der Waals surface area contributed by atoms with E-state index in [0.29, 0.717) is 12.5 Å². The number of piperidine rings is 1. The quantitative estimate of drug-likeness (QED) is 0.791. The molecule has 1 aliphatic rings. The second-order valence-corrected chi connectivity index (χ2v) is 5.91. The molecule has 1 aliphatic heterocycles. The number of nitrogens with two attached hydrogens (primary N) is 1. The lowest BCUT2D eigenvalue weighted by Crippen LogP contribution is -2.44. The first-order valence-electron chi connectivity index (χ1n) is 6.76. The van der Waals surface area contributed by atoms with Gasteiger partial charge in [0.15, 0.2) is 0 Å². The van der Waals surface area contributed by atoms with Gasteiger partial charge in [0.05, 0.1) is 6.54 Å². The Morgan fingerprint density at radius 3 is 2.37 bits per heavy atom. The fourth-order valence-corrected chi connectivity index (χ4v) is 2.06. The van der Waals surface area contributed by atoms with Gasteiger partial charge in [0.25, 0.3) is 0 Å². The number of likely N-dealkylation sites (tertiary alicyclic amines) is 1. The zero-order chi connectivity index (χ0) is 14.5. The summed E-state index contributed by atoms with van der Waals surface area (Å²) in [6, 6.07) is 0. The van der Waals surface area contributed by atoms with E-state index in [0.717, 1.165) is 25.9 Å². The Morgan fingerprint density at radius 2 is 1.89 bits per heavy atom. The molecule has 0 aliphatic carbocycles. The van der Waals surface area contributed by atoms with Crippen LogP contribution in [0.15, 0.2) is 0 Å². The van der Waals surface area contributed by atoms with Crippen LogP contribution in [-0.2, 0) is 9.53 Å². The van der Waals surface area contributed by atoms with Gasteiger partial charge in [-0.2, -0.15) is 0 Å². The standard InChI is InChI=1S/C13H25N3O3/c1-13(2,3)19-12(18)15-9-10-4-6-16(7-5-10)11(17)8-14/h10H,4-9,14H2,1-3H3,(H,15,18). The van der Waals surface area contributed by atoms with Crippen LogP contribution in [0, 0.1) is 5.92 Å². The average Bonchev–Trinajstić information content (AvgIpc) is 2.34. The molecule has 3 N–H and O–H groups in total. The third-order valence-corrected chi connectivity index (χ3v) is 3.08. The number of carbonyl (C=O) groups is 2. The number of nitrogens with zero attached hydrogens (tertiary/aromatic N) is 1. The van der Waals surface area contributed by atoms with E-state index in [1.807, 2.05) is 20.8 Å². The van der Waals surface area contributed by atoms with Gasteiger partial charge in [-0.1, -0.05) is 0 Å². The maximum absolute atomic E-state index is 11.5. The molecule has 1 saturated heterocycles. The molecular weight excluding hydrogens is 246 g/mol. The lowest BCUT2D eigenvalue weighted by atomic mass is 9.97. The lowest BCUT2D eigenvalue weighted by Gasteiger charge is -2.32. The van der Waals surface area contributed by atoms with Crippen LogP contribution in [0.3, 0.4) is 0 Å². The largest absolute Gasteiger partial charge is 0.444 e. The predicted molar refractivity (Wildman–Crippen MR) is 72.6 cm³/mol. The molecule has 1 heterocycles. The van der Waals surface area contributed by atoms with Gasteiger partial charge >= 0.3 is 6.09 Å². The summed E-state index contributed by atoms with van der Waals surface area (Å²) in [6.45, 7) is 7.62. The van der Waals surface area contributed by atoms with Gasteiger partial charge in [0, 0.05) is 19.6 Å². The molecule has 1 fully saturated rings. The zero-order valence-corrected chi connectivity index (χ0v) is 12.1. The Bertz CT molecular complexity index is 318. The normalized spacial score (nSPS) is 17.2. The van der Waals surface area contributed by atoms with Crippen LogP contribution in [0.25, 0.3) is 0 Å². The van der Waals surface area contributed by atoms with Crippen molar-refractivity contribution in [1.82, 2.24) is 10.2 Å². The van der Waals surface area contributed by atoms with Crippen molar-refractivity contribution >= 4 is 12.0 Å². The van der Waals surface area contributed by atoms with Crippen molar-refractivity contribution in [3.05, 3.63) is 0 Å². The van der Waals surface area contributed by atoms with E-state index in [4.69, 9.17) is 10.5 Å². The van der Waals surface area contributed by atoms with Gasteiger partial charge in [0.2, 0.25) is 5.91 Å². The van der Waals surface area contributed by atoms with Crippen LogP contribution in [0.2, 0.25) is 0 Å². The van der Waals surface area contributed by atoms with Gasteiger partial charge in [-0.25, -0.2) is 4.79 Å². The molecule has 19 heavy (non-hydrogen) atoms. The number of carbonyl (C=O) groups excluding carboxylic acids is 2. The second kappa shape index (κ2) is 6.75. The predicted octanol–water partition coefficient (Wildman–Crippen LogP) is 0.708. The Morgan fingerprint density at radius 1 is 1.32 bits per heavy atom. The summed E-state index contributed by atoms with van der Waals surface area (Å²) in [5.74, 6) is 0.396. The molecule has 6 heteroatoms. The fraction of sp³-hybridized carbons (Fsp3) is 0.846. The average molecular weight is 271 g/mol. The number of ether oxygens (including phenoxy) is 1. The minimum Gasteiger partial charge on any atom is -0.444 e. The topological polar surface area (TPSA) is 84.7 Å². The van der Waals surface area contributed by atoms with Gasteiger partial charge < -0.3 is 20.7 Å². The molecular formula is C13H25N3O3. The summed E-state index contributed by atoms with van der Waals surface area (Å²) in [6.07, 6.45) is 1.40. The van der Waals surface area contributed by atoms with E-state index >= 15 is 0 Å². The monoisotopic (exact) mass is 271 g/mol. The SMILES string of the molecule is CC(C)(C)OC(=O)NCC1CCN(C(=O)CN)CC1. The van der Waals surface area contributed by atoms with E-state index in [1.165, 1.54) is 0 Å². The molecule has 0 atom stereocenters. The number of hydrogen-bond acceptors (Lipinski definition) is 4. The molecule has 0 aromatic heterocycles. The molecule has 0 spiro atoms. The smallest absolute Gasteiger partial charge is 0.407 e. The highest BCUT2D eigenvalue weighted by molar-refractivity contribution is 5.78. The van der Waals surface area contributed by atoms with Crippen LogP contribution >= 0.6 is 0 Å². The van der Waals surface area contributed by atoms with Crippen LogP contribution in [-0.4, -0.2) is 48.7 Å². The third kappa shape index (κ3) is 5.92. The Kier molecular flexibility index (Phi) is 5.60. The van der Waals surface area contributed by atoms with E-state index in [2.05, 4.69) is 5.32 Å². The van der Waals surface area contributed by atoms with E-state index in [1.54, 1.807) is 4.90 Å². The van der Waals surface area contributed by atoms with Crippen molar-refractivity contribution in [2.45, 2.75) is 39.2 Å². The van der Waals surface area contributed by atoms with Gasteiger partial charge in [-0.05, 0) is 39.5 Å². The van der Waals surface area contributed by atoms with Gasteiger partial charge in [-0.15, -0.1) is 0 Å². The molecule has 6 nitrogen and oxygen atoms in total. The number of amides is 2. The second-order valence-electron chi connectivity index (χ2n) is 5.91. The van der Waals surface area contributed by atoms with Crippen LogP contribution < -0.4 is 11.1 Å². The molecule has 0 aromatic carbocycles. The summed E-state index contributed by atoms with van der Waals surface area (Å²) >= 11 is 0. The van der Waals surface area contributed by atoms with Crippen molar-refractivity contribution in [2.75, 3.05) is 26.2 Å². The number of alkyl carbamates (subject to hydrolysis) is 1. The van der Waals surface area contributed by atoms with Crippen LogP contribution in [0.1, 0.15) is 33.6 Å². The van der Waals surface area contributed by atoms with Crippen LogP contribution in [0.4, 0.5) is 4.79 Å². The molecule has 0 aromatic rings. The van der Waals surface area contributed by atoms with Crippen LogP contribution in [0.5, 0.6) is 0 Å². The van der Waals surface area contributed by atoms with Crippen molar-refractivity contribution in [2.24, 2.45) is 11.7 Å². The first-order chi connectivity index (χ1) is 8.81. The molecule has 0 unspecified atom stereocenters. The molecule has 0 saturated carbocycles. The zero-order valence-electron chi connectivity index (χ0n) is 12.1. The molecule has 0 radical (unpaired) electrons. The lowest BCUT2D eigenvalue weighted by molar-refractivity contribution is -0.131. The summed E-state index contributed by atoms with van der Waals surface area (Å²) in [7, 11) is 0. The first-order valence-corrected chi connectivity index (χ1v) is 6.76. The highest BCUT2D eigenvalue weighted by Crippen LogP contribution is 2.16. The first kappa shape index (κ1) is 15.8. The Labute approximate surface area is 114 Å². The minimum absolute atomic E-state index is 0.00134. The highest BCUT2D eigenvalue weighted by atomic mass is 16.6. The van der Waals surface area contributed by atoms with Gasteiger partial charge in [-0.3, -0.25) is 4.79 Å². The minimum atomic E-state index is -0.471. The molecule has 0 bridgehead atoms. The summed E-state index contributed by atoms with van der Waals surface area (Å²) in [4.78, 5) is 24.7. The molecule has 1 rings (SSSR count). The fourth-order valence-electron chi connectivity index (χ4n) is 2.06. The number of hydrogen-bond donors (Lipinski definition) is 2. The van der Waals surface area contributed by atoms with E-state index in [-0.39, 0.29) is 18.5 Å². The number of nitrogens with one attached hydrogen (secondary N) is 1. The van der Waals surface area contributed by atoms with E-state index < -0.39 is 5.60 Å². The van der Waals surface area contributed by atoms with Gasteiger partial charge in [0.1, 0.15) is 5.60 Å². The van der Waals surface area contributed by atoms with Crippen molar-refractivity contribution in [3.63, 3.8) is 0 Å². The molecule has 2 amide bonds. The van der Waals surface area contributed by atoms with Crippen molar-refractivity contribution < 1.29 is 14.3 Å². The third-order valence-electron chi connectivity index (χ3n) is 3.08. The number of rotatable bonds is 3. The van der Waals surface area contributed by atoms with E-state index in [9.17, 15) is 9.59 Å². The molecule has 110 valence electrons. The Balaban J connectivity index is 2.23. The maximum atomic E-state index is 11.5.